The molecule has 0 radical (unpaired) electrons. The van der Waals surface area contributed by atoms with E-state index in [1.807, 2.05) is 36.9 Å². The highest BCUT2D eigenvalue weighted by molar-refractivity contribution is 5.74. The summed E-state index contributed by atoms with van der Waals surface area (Å²) >= 11 is 0. The van der Waals surface area contributed by atoms with Crippen LogP contribution in [0.4, 0.5) is 10.7 Å². The molecule has 0 saturated carbocycles. The van der Waals surface area contributed by atoms with Crippen molar-refractivity contribution in [2.75, 3.05) is 44.2 Å². The number of piperazine rings is 1. The van der Waals surface area contributed by atoms with Crippen LogP contribution in [0.1, 0.15) is 30.0 Å². The molecule has 4 rings (SSSR count). The minimum atomic E-state index is -0.0113. The SMILES string of the molecule is Cc1cc(C)nc(N2CCC(N3CCN(C(=O)NCc4ccco4)CC3)CC2)n1. The Morgan fingerprint density at radius 2 is 1.79 bits per heavy atom. The monoisotopic (exact) mass is 398 g/mol. The predicted octanol–water partition coefficient (Wildman–Crippen LogP) is 2.18. The molecule has 8 heteroatoms. The van der Waals surface area contributed by atoms with Gasteiger partial charge in [0, 0.05) is 56.7 Å². The van der Waals surface area contributed by atoms with E-state index >= 15 is 0 Å². The van der Waals surface area contributed by atoms with Crippen molar-refractivity contribution in [1.82, 2.24) is 25.1 Å². The first-order valence-corrected chi connectivity index (χ1v) is 10.4. The second kappa shape index (κ2) is 8.82. The number of carbonyl (C=O) groups is 1. The lowest BCUT2D eigenvalue weighted by atomic mass is 10.0. The molecule has 0 bridgehead atoms. The Morgan fingerprint density at radius 1 is 1.10 bits per heavy atom. The number of aromatic nitrogens is 2. The molecular weight excluding hydrogens is 368 g/mol. The number of rotatable bonds is 4. The topological polar surface area (TPSA) is 77.7 Å². The Morgan fingerprint density at radius 3 is 2.41 bits per heavy atom. The van der Waals surface area contributed by atoms with Crippen LogP contribution in [0.3, 0.4) is 0 Å². The van der Waals surface area contributed by atoms with Gasteiger partial charge in [-0.1, -0.05) is 0 Å². The first-order valence-electron chi connectivity index (χ1n) is 10.4. The van der Waals surface area contributed by atoms with Gasteiger partial charge >= 0.3 is 6.03 Å². The van der Waals surface area contributed by atoms with Crippen LogP contribution in [-0.4, -0.2) is 71.1 Å². The Hall–Kier alpha value is -2.61. The Kier molecular flexibility index (Phi) is 5.99. The van der Waals surface area contributed by atoms with Crippen LogP contribution < -0.4 is 10.2 Å². The summed E-state index contributed by atoms with van der Waals surface area (Å²) in [6, 6.07) is 6.28. The van der Waals surface area contributed by atoms with E-state index in [0.29, 0.717) is 12.6 Å². The number of hydrogen-bond donors (Lipinski definition) is 1. The largest absolute Gasteiger partial charge is 0.467 e. The molecule has 2 aromatic rings. The summed E-state index contributed by atoms with van der Waals surface area (Å²) in [7, 11) is 0. The maximum Gasteiger partial charge on any atom is 0.317 e. The van der Waals surface area contributed by atoms with Gasteiger partial charge in [0.2, 0.25) is 5.95 Å². The fourth-order valence-electron chi connectivity index (χ4n) is 4.26. The van der Waals surface area contributed by atoms with Gasteiger partial charge in [-0.2, -0.15) is 0 Å². The molecular formula is C21H30N6O2. The first-order chi connectivity index (χ1) is 14.1. The third-order valence-electron chi connectivity index (χ3n) is 5.83. The van der Waals surface area contributed by atoms with E-state index < -0.39 is 0 Å². The molecule has 1 N–H and O–H groups in total. The predicted molar refractivity (Wildman–Crippen MR) is 111 cm³/mol. The van der Waals surface area contributed by atoms with Gasteiger partial charge < -0.3 is 19.5 Å². The number of nitrogens with one attached hydrogen (secondary N) is 1. The number of aryl methyl sites for hydroxylation is 2. The Balaban J connectivity index is 1.22. The van der Waals surface area contributed by atoms with Gasteiger partial charge in [0.15, 0.2) is 0 Å². The van der Waals surface area contributed by atoms with E-state index in [2.05, 4.69) is 25.1 Å². The third kappa shape index (κ3) is 4.87. The van der Waals surface area contributed by atoms with Crippen molar-refractivity contribution in [2.45, 2.75) is 39.3 Å². The number of urea groups is 1. The molecule has 2 aromatic heterocycles. The van der Waals surface area contributed by atoms with Crippen molar-refractivity contribution in [3.8, 4) is 0 Å². The summed E-state index contributed by atoms with van der Waals surface area (Å²) < 4.78 is 5.27. The van der Waals surface area contributed by atoms with Crippen LogP contribution in [0.2, 0.25) is 0 Å². The lowest BCUT2D eigenvalue weighted by Gasteiger charge is -2.42. The Bertz CT molecular complexity index is 788. The van der Waals surface area contributed by atoms with Crippen LogP contribution in [0.5, 0.6) is 0 Å². The molecule has 8 nitrogen and oxygen atoms in total. The summed E-state index contributed by atoms with van der Waals surface area (Å²) in [5.41, 5.74) is 2.05. The molecule has 0 unspecified atom stereocenters. The van der Waals surface area contributed by atoms with Crippen LogP contribution >= 0.6 is 0 Å². The van der Waals surface area contributed by atoms with E-state index in [0.717, 1.165) is 75.2 Å². The van der Waals surface area contributed by atoms with Crippen molar-refractivity contribution in [1.29, 1.82) is 0 Å². The molecule has 156 valence electrons. The molecule has 4 heterocycles. The average molecular weight is 399 g/mol. The molecule has 0 aliphatic carbocycles. The molecule has 29 heavy (non-hydrogen) atoms. The summed E-state index contributed by atoms with van der Waals surface area (Å²) in [6.45, 7) is 9.84. The van der Waals surface area contributed by atoms with Gasteiger partial charge in [0.05, 0.1) is 12.8 Å². The molecule has 0 spiro atoms. The normalized spacial score (nSPS) is 18.8. The first kappa shape index (κ1) is 19.7. The molecule has 2 fully saturated rings. The van der Waals surface area contributed by atoms with Gasteiger partial charge in [0.1, 0.15) is 5.76 Å². The average Bonchev–Trinajstić information content (AvgIpc) is 3.25. The second-order valence-electron chi connectivity index (χ2n) is 7.93. The molecule has 2 amide bonds. The molecule has 2 aliphatic rings. The van der Waals surface area contributed by atoms with E-state index in [1.165, 1.54) is 0 Å². The van der Waals surface area contributed by atoms with E-state index in [1.54, 1.807) is 6.26 Å². The fourth-order valence-corrected chi connectivity index (χ4v) is 4.26. The van der Waals surface area contributed by atoms with Crippen LogP contribution in [-0.2, 0) is 6.54 Å². The molecule has 2 saturated heterocycles. The second-order valence-corrected chi connectivity index (χ2v) is 7.93. The van der Waals surface area contributed by atoms with E-state index in [9.17, 15) is 4.79 Å². The zero-order valence-corrected chi connectivity index (χ0v) is 17.3. The summed E-state index contributed by atoms with van der Waals surface area (Å²) in [4.78, 5) is 28.3. The van der Waals surface area contributed by atoms with Crippen molar-refractivity contribution < 1.29 is 9.21 Å². The summed E-state index contributed by atoms with van der Waals surface area (Å²) in [5.74, 6) is 1.63. The highest BCUT2D eigenvalue weighted by Gasteiger charge is 2.29. The maximum atomic E-state index is 12.4. The molecule has 0 atom stereocenters. The van der Waals surface area contributed by atoms with Crippen LogP contribution in [0.25, 0.3) is 0 Å². The molecule has 2 aliphatic heterocycles. The van der Waals surface area contributed by atoms with Gasteiger partial charge in [-0.05, 0) is 44.9 Å². The van der Waals surface area contributed by atoms with Crippen molar-refractivity contribution >= 4 is 12.0 Å². The lowest BCUT2D eigenvalue weighted by molar-refractivity contribution is 0.0962. The van der Waals surface area contributed by atoms with Gasteiger partial charge in [0.25, 0.3) is 0 Å². The smallest absolute Gasteiger partial charge is 0.317 e. The highest BCUT2D eigenvalue weighted by Crippen LogP contribution is 2.21. The van der Waals surface area contributed by atoms with Gasteiger partial charge in [-0.3, -0.25) is 4.90 Å². The number of hydrogen-bond acceptors (Lipinski definition) is 6. The van der Waals surface area contributed by atoms with Crippen molar-refractivity contribution in [3.63, 3.8) is 0 Å². The third-order valence-corrected chi connectivity index (χ3v) is 5.83. The van der Waals surface area contributed by atoms with Gasteiger partial charge in [-0.15, -0.1) is 0 Å². The number of anilines is 1. The fraction of sp³-hybridized carbons (Fsp3) is 0.571. The number of carbonyl (C=O) groups excluding carboxylic acids is 1. The minimum absolute atomic E-state index is 0.0113. The minimum Gasteiger partial charge on any atom is -0.467 e. The Labute approximate surface area is 171 Å². The number of amides is 2. The number of furan rings is 1. The summed E-state index contributed by atoms with van der Waals surface area (Å²) in [5, 5.41) is 2.94. The molecule has 0 aromatic carbocycles. The zero-order chi connectivity index (χ0) is 20.2. The lowest BCUT2D eigenvalue weighted by Crippen LogP contribution is -2.56. The van der Waals surface area contributed by atoms with Crippen molar-refractivity contribution in [3.05, 3.63) is 41.6 Å². The maximum absolute atomic E-state index is 12.4. The van der Waals surface area contributed by atoms with Gasteiger partial charge in [-0.25, -0.2) is 14.8 Å². The van der Waals surface area contributed by atoms with E-state index in [4.69, 9.17) is 4.42 Å². The van der Waals surface area contributed by atoms with Crippen LogP contribution in [0, 0.1) is 13.8 Å². The van der Waals surface area contributed by atoms with Crippen LogP contribution in [0.15, 0.2) is 28.9 Å². The standard InChI is InChI=1S/C21H30N6O2/c1-16-14-17(2)24-20(23-16)26-7-5-18(6-8-26)25-9-11-27(12-10-25)21(28)22-15-19-4-3-13-29-19/h3-4,13-14,18H,5-12,15H2,1-2H3,(H,22,28). The van der Waals surface area contributed by atoms with Crippen molar-refractivity contribution in [2.24, 2.45) is 0 Å². The van der Waals surface area contributed by atoms with E-state index in [-0.39, 0.29) is 6.03 Å². The number of piperidine rings is 1. The highest BCUT2D eigenvalue weighted by atomic mass is 16.3. The zero-order valence-electron chi connectivity index (χ0n) is 17.3. The number of nitrogens with zero attached hydrogens (tertiary/aromatic N) is 5. The summed E-state index contributed by atoms with van der Waals surface area (Å²) in [6.07, 6.45) is 3.85. The quantitative estimate of drug-likeness (QED) is 0.851.